The van der Waals surface area contributed by atoms with Gasteiger partial charge in [0.1, 0.15) is 6.61 Å². The summed E-state index contributed by atoms with van der Waals surface area (Å²) in [5.41, 5.74) is 1.18. The van der Waals surface area contributed by atoms with Gasteiger partial charge < -0.3 is 18.9 Å². The summed E-state index contributed by atoms with van der Waals surface area (Å²) in [6, 6.07) is 10.1. The van der Waals surface area contributed by atoms with Crippen LogP contribution in [0.1, 0.15) is 31.7 Å². The highest BCUT2D eigenvalue weighted by atomic mass is 16.6. The Balaban J connectivity index is 1.77. The molecule has 0 saturated carbocycles. The van der Waals surface area contributed by atoms with Crippen molar-refractivity contribution in [3.63, 3.8) is 0 Å². The number of rotatable bonds is 14. The first-order chi connectivity index (χ1) is 11.3. The Morgan fingerprint density at radius 2 is 1.57 bits per heavy atom. The number of carbonyl (C=O) groups is 1. The van der Waals surface area contributed by atoms with Crippen molar-refractivity contribution in [1.29, 1.82) is 0 Å². The van der Waals surface area contributed by atoms with E-state index in [2.05, 4.69) is 0 Å². The van der Waals surface area contributed by atoms with Gasteiger partial charge in [0, 0.05) is 13.2 Å². The lowest BCUT2D eigenvalue weighted by molar-refractivity contribution is -0.148. The van der Waals surface area contributed by atoms with Crippen molar-refractivity contribution in [2.75, 3.05) is 39.6 Å². The van der Waals surface area contributed by atoms with Crippen molar-refractivity contribution in [2.45, 2.75) is 32.8 Å². The first-order valence-corrected chi connectivity index (χ1v) is 8.25. The molecule has 130 valence electrons. The van der Waals surface area contributed by atoms with E-state index in [9.17, 15) is 4.79 Å². The van der Waals surface area contributed by atoms with Crippen molar-refractivity contribution in [1.82, 2.24) is 0 Å². The van der Waals surface area contributed by atoms with Gasteiger partial charge in [-0.2, -0.15) is 0 Å². The van der Waals surface area contributed by atoms with Crippen LogP contribution < -0.4 is 0 Å². The van der Waals surface area contributed by atoms with Gasteiger partial charge in [-0.05, 0) is 31.7 Å². The van der Waals surface area contributed by atoms with Crippen LogP contribution in [0.15, 0.2) is 30.3 Å². The molecule has 1 aromatic rings. The fourth-order valence-electron chi connectivity index (χ4n) is 1.93. The Hall–Kier alpha value is -1.43. The second-order valence-electron chi connectivity index (χ2n) is 5.07. The van der Waals surface area contributed by atoms with Gasteiger partial charge in [0.05, 0.1) is 26.4 Å². The number of hydrogen-bond donors (Lipinski definition) is 0. The Labute approximate surface area is 138 Å². The van der Waals surface area contributed by atoms with Crippen LogP contribution in [0.25, 0.3) is 0 Å². The Morgan fingerprint density at radius 3 is 2.30 bits per heavy atom. The first-order valence-electron chi connectivity index (χ1n) is 8.25. The second kappa shape index (κ2) is 14.2. The summed E-state index contributed by atoms with van der Waals surface area (Å²) in [6.07, 6.45) is 2.93. The normalized spacial score (nSPS) is 10.7. The van der Waals surface area contributed by atoms with Crippen molar-refractivity contribution in [3.8, 4) is 0 Å². The van der Waals surface area contributed by atoms with Gasteiger partial charge in [-0.3, -0.25) is 0 Å². The standard InChI is InChI=1S/C18H28O5/c1-2-23-18(19)16-21-12-8-4-7-11-20-13-14-22-15-17-9-5-3-6-10-17/h3,5-6,9-10H,2,4,7-8,11-16H2,1H3. The van der Waals surface area contributed by atoms with E-state index in [1.54, 1.807) is 6.92 Å². The molecule has 23 heavy (non-hydrogen) atoms. The molecule has 0 aromatic heterocycles. The van der Waals surface area contributed by atoms with Crippen molar-refractivity contribution in [3.05, 3.63) is 35.9 Å². The maximum atomic E-state index is 11.0. The number of benzene rings is 1. The molecule has 5 nitrogen and oxygen atoms in total. The molecule has 0 spiro atoms. The number of carbonyl (C=O) groups excluding carboxylic acids is 1. The summed E-state index contributed by atoms with van der Waals surface area (Å²) in [5, 5.41) is 0. The van der Waals surface area contributed by atoms with Crippen LogP contribution in [0.2, 0.25) is 0 Å². The van der Waals surface area contributed by atoms with Crippen molar-refractivity contribution < 1.29 is 23.7 Å². The van der Waals surface area contributed by atoms with Gasteiger partial charge >= 0.3 is 5.97 Å². The highest BCUT2D eigenvalue weighted by Gasteiger charge is 2.00. The van der Waals surface area contributed by atoms with Crippen LogP contribution in [0.5, 0.6) is 0 Å². The monoisotopic (exact) mass is 324 g/mol. The van der Waals surface area contributed by atoms with Crippen LogP contribution >= 0.6 is 0 Å². The molecule has 0 N–H and O–H groups in total. The third-order valence-electron chi connectivity index (χ3n) is 3.09. The lowest BCUT2D eigenvalue weighted by Crippen LogP contribution is -2.13. The van der Waals surface area contributed by atoms with E-state index in [1.165, 1.54) is 5.56 Å². The zero-order valence-corrected chi connectivity index (χ0v) is 14.0. The lowest BCUT2D eigenvalue weighted by Gasteiger charge is -2.06. The summed E-state index contributed by atoms with van der Waals surface area (Å²) in [5.74, 6) is -0.300. The fourth-order valence-corrected chi connectivity index (χ4v) is 1.93. The van der Waals surface area contributed by atoms with Crippen LogP contribution in [0, 0.1) is 0 Å². The van der Waals surface area contributed by atoms with E-state index in [0.717, 1.165) is 25.9 Å². The van der Waals surface area contributed by atoms with E-state index in [4.69, 9.17) is 18.9 Å². The molecular weight excluding hydrogens is 296 g/mol. The summed E-state index contributed by atoms with van der Waals surface area (Å²) in [7, 11) is 0. The van der Waals surface area contributed by atoms with Crippen molar-refractivity contribution in [2.24, 2.45) is 0 Å². The molecule has 1 rings (SSSR count). The lowest BCUT2D eigenvalue weighted by atomic mass is 10.2. The van der Waals surface area contributed by atoms with E-state index in [0.29, 0.717) is 33.0 Å². The van der Waals surface area contributed by atoms with Crippen LogP contribution in [0.3, 0.4) is 0 Å². The molecule has 0 heterocycles. The van der Waals surface area contributed by atoms with Crippen LogP contribution in [-0.4, -0.2) is 45.6 Å². The SMILES string of the molecule is CCOC(=O)COCCCCCOCCOCc1ccccc1. The van der Waals surface area contributed by atoms with Gasteiger partial charge in [-0.1, -0.05) is 30.3 Å². The minimum atomic E-state index is -0.300. The Kier molecular flexibility index (Phi) is 12.1. The Bertz CT molecular complexity index is 394. The second-order valence-corrected chi connectivity index (χ2v) is 5.07. The summed E-state index contributed by atoms with van der Waals surface area (Å²) in [6.45, 7) is 5.39. The molecule has 0 saturated heterocycles. The third-order valence-corrected chi connectivity index (χ3v) is 3.09. The fraction of sp³-hybridized carbons (Fsp3) is 0.611. The third kappa shape index (κ3) is 11.8. The molecule has 0 bridgehead atoms. The van der Waals surface area contributed by atoms with Gasteiger partial charge in [0.15, 0.2) is 0 Å². The molecule has 0 unspecified atom stereocenters. The quantitative estimate of drug-likeness (QED) is 0.389. The van der Waals surface area contributed by atoms with Crippen LogP contribution in [0.4, 0.5) is 0 Å². The van der Waals surface area contributed by atoms with E-state index < -0.39 is 0 Å². The smallest absolute Gasteiger partial charge is 0.332 e. The van der Waals surface area contributed by atoms with E-state index in [1.807, 2.05) is 30.3 Å². The molecule has 0 aliphatic heterocycles. The summed E-state index contributed by atoms with van der Waals surface area (Å²) < 4.78 is 21.0. The maximum absolute atomic E-state index is 11.0. The minimum absolute atomic E-state index is 0.0447. The number of unbranched alkanes of at least 4 members (excludes halogenated alkanes) is 2. The van der Waals surface area contributed by atoms with E-state index >= 15 is 0 Å². The van der Waals surface area contributed by atoms with Crippen LogP contribution in [-0.2, 0) is 30.3 Å². The topological polar surface area (TPSA) is 54.0 Å². The molecule has 0 atom stereocenters. The molecule has 5 heteroatoms. The summed E-state index contributed by atoms with van der Waals surface area (Å²) >= 11 is 0. The maximum Gasteiger partial charge on any atom is 0.332 e. The number of esters is 1. The summed E-state index contributed by atoms with van der Waals surface area (Å²) in [4.78, 5) is 11.0. The zero-order valence-electron chi connectivity index (χ0n) is 14.0. The molecule has 0 fully saturated rings. The van der Waals surface area contributed by atoms with E-state index in [-0.39, 0.29) is 12.6 Å². The predicted molar refractivity (Wildman–Crippen MR) is 88.2 cm³/mol. The largest absolute Gasteiger partial charge is 0.464 e. The average molecular weight is 324 g/mol. The molecule has 0 aliphatic rings. The molecular formula is C18H28O5. The molecule has 0 aliphatic carbocycles. The number of ether oxygens (including phenoxy) is 4. The van der Waals surface area contributed by atoms with Crippen molar-refractivity contribution >= 4 is 5.97 Å². The van der Waals surface area contributed by atoms with Gasteiger partial charge in [0.2, 0.25) is 0 Å². The number of hydrogen-bond acceptors (Lipinski definition) is 5. The average Bonchev–Trinajstić information content (AvgIpc) is 2.57. The highest BCUT2D eigenvalue weighted by Crippen LogP contribution is 2.00. The zero-order chi connectivity index (χ0) is 16.6. The van der Waals surface area contributed by atoms with Gasteiger partial charge in [-0.25, -0.2) is 4.79 Å². The molecule has 1 aromatic carbocycles. The predicted octanol–water partition coefficient (Wildman–Crippen LogP) is 2.97. The molecule has 0 radical (unpaired) electrons. The minimum Gasteiger partial charge on any atom is -0.464 e. The molecule has 0 amide bonds. The van der Waals surface area contributed by atoms with Gasteiger partial charge in [-0.15, -0.1) is 0 Å². The Morgan fingerprint density at radius 1 is 0.870 bits per heavy atom. The van der Waals surface area contributed by atoms with Gasteiger partial charge in [0.25, 0.3) is 0 Å². The first kappa shape index (κ1) is 19.6. The highest BCUT2D eigenvalue weighted by molar-refractivity contribution is 5.70.